The molecule has 0 bridgehead atoms. The van der Waals surface area contributed by atoms with Crippen molar-refractivity contribution in [3.8, 4) is 0 Å². The predicted molar refractivity (Wildman–Crippen MR) is 81.1 cm³/mol. The molecule has 0 spiro atoms. The lowest BCUT2D eigenvalue weighted by molar-refractivity contribution is 0.0963. The summed E-state index contributed by atoms with van der Waals surface area (Å²) in [5.41, 5.74) is 1.46. The third-order valence-electron chi connectivity index (χ3n) is 2.55. The zero-order valence-electron chi connectivity index (χ0n) is 11.9. The number of hydrogen-bond acceptors (Lipinski definition) is 3. The van der Waals surface area contributed by atoms with E-state index in [9.17, 15) is 4.79 Å². The Labute approximate surface area is 119 Å². The lowest BCUT2D eigenvalue weighted by atomic mass is 10.1. The summed E-state index contributed by atoms with van der Waals surface area (Å²) in [5, 5.41) is 9.81. The topological polar surface area (TPSA) is 53.2 Å². The molecule has 106 valence electrons. The van der Waals surface area contributed by atoms with E-state index in [-0.39, 0.29) is 11.4 Å². The van der Waals surface area contributed by atoms with Gasteiger partial charge in [-0.1, -0.05) is 11.6 Å². The Bertz CT molecular complexity index is 441. The molecule has 0 aromatic heterocycles. The normalized spacial score (nSPS) is 11.2. The van der Waals surface area contributed by atoms with Gasteiger partial charge in [0.1, 0.15) is 0 Å². The number of benzene rings is 1. The molecule has 4 nitrogen and oxygen atoms in total. The van der Waals surface area contributed by atoms with Crippen LogP contribution in [0.5, 0.6) is 0 Å². The number of hydrogen-bond donors (Lipinski definition) is 3. The highest BCUT2D eigenvalue weighted by molar-refractivity contribution is 6.33. The van der Waals surface area contributed by atoms with E-state index in [1.165, 1.54) is 0 Å². The van der Waals surface area contributed by atoms with Crippen LogP contribution >= 0.6 is 11.6 Å². The Hall–Kier alpha value is -1.26. The highest BCUT2D eigenvalue weighted by Crippen LogP contribution is 2.22. The van der Waals surface area contributed by atoms with Crippen molar-refractivity contribution in [3.05, 3.63) is 28.8 Å². The molecule has 19 heavy (non-hydrogen) atoms. The van der Waals surface area contributed by atoms with Crippen molar-refractivity contribution in [2.45, 2.75) is 26.3 Å². The number of halogens is 1. The van der Waals surface area contributed by atoms with Crippen LogP contribution in [-0.2, 0) is 0 Å². The molecule has 0 atom stereocenters. The summed E-state index contributed by atoms with van der Waals surface area (Å²) in [4.78, 5) is 11.5. The summed E-state index contributed by atoms with van der Waals surface area (Å²) in [5.74, 6) is -0.118. The number of anilines is 1. The molecule has 3 N–H and O–H groups in total. The fourth-order valence-electron chi connectivity index (χ4n) is 1.58. The van der Waals surface area contributed by atoms with Crippen LogP contribution in [-0.4, -0.2) is 31.6 Å². The van der Waals surface area contributed by atoms with Crippen LogP contribution in [0.1, 0.15) is 31.1 Å². The number of carbonyl (C=O) groups is 1. The van der Waals surface area contributed by atoms with Gasteiger partial charge in [-0.2, -0.15) is 0 Å². The molecule has 0 aliphatic carbocycles. The Morgan fingerprint density at radius 3 is 2.53 bits per heavy atom. The maximum atomic E-state index is 11.5. The van der Waals surface area contributed by atoms with Gasteiger partial charge >= 0.3 is 0 Å². The molecule has 5 heteroatoms. The smallest absolute Gasteiger partial charge is 0.251 e. The second kappa shape index (κ2) is 6.78. The SMILES string of the molecule is CNC(=O)c1ccc(Cl)c(NCCNC(C)(C)C)c1. The number of nitrogens with one attached hydrogen (secondary N) is 3. The summed E-state index contributed by atoms with van der Waals surface area (Å²) in [6, 6.07) is 5.20. The molecule has 0 unspecified atom stereocenters. The van der Waals surface area contributed by atoms with Gasteiger partial charge in [0, 0.05) is 31.2 Å². The van der Waals surface area contributed by atoms with E-state index in [2.05, 4.69) is 36.7 Å². The summed E-state index contributed by atoms with van der Waals surface area (Å²) < 4.78 is 0. The van der Waals surface area contributed by atoms with Crippen LogP contribution in [0.2, 0.25) is 5.02 Å². The van der Waals surface area contributed by atoms with E-state index in [1.54, 1.807) is 25.2 Å². The molecule has 0 aliphatic rings. The number of rotatable bonds is 5. The van der Waals surface area contributed by atoms with Crippen molar-refractivity contribution in [3.63, 3.8) is 0 Å². The molecule has 1 rings (SSSR count). The fourth-order valence-corrected chi connectivity index (χ4v) is 1.77. The summed E-state index contributed by atoms with van der Waals surface area (Å²) in [6.07, 6.45) is 0. The molecule has 0 saturated heterocycles. The van der Waals surface area contributed by atoms with Crippen LogP contribution < -0.4 is 16.0 Å². The van der Waals surface area contributed by atoms with Gasteiger partial charge in [0.2, 0.25) is 0 Å². The van der Waals surface area contributed by atoms with Gasteiger partial charge in [-0.3, -0.25) is 4.79 Å². The summed E-state index contributed by atoms with van der Waals surface area (Å²) in [6.45, 7) is 7.92. The molecule has 0 heterocycles. The highest BCUT2D eigenvalue weighted by atomic mass is 35.5. The lowest BCUT2D eigenvalue weighted by Gasteiger charge is -2.21. The van der Waals surface area contributed by atoms with Crippen molar-refractivity contribution in [1.29, 1.82) is 0 Å². The monoisotopic (exact) mass is 283 g/mol. The molecule has 0 saturated carbocycles. The molecule has 1 amide bonds. The summed E-state index contributed by atoms with van der Waals surface area (Å²) in [7, 11) is 1.61. The quantitative estimate of drug-likeness (QED) is 0.728. The van der Waals surface area contributed by atoms with Gasteiger partial charge < -0.3 is 16.0 Å². The fraction of sp³-hybridized carbons (Fsp3) is 0.500. The minimum Gasteiger partial charge on any atom is -0.383 e. The zero-order chi connectivity index (χ0) is 14.5. The van der Waals surface area contributed by atoms with Gasteiger partial charge in [-0.25, -0.2) is 0 Å². The van der Waals surface area contributed by atoms with Gasteiger partial charge in [0.05, 0.1) is 10.7 Å². The van der Waals surface area contributed by atoms with Crippen LogP contribution in [0, 0.1) is 0 Å². The lowest BCUT2D eigenvalue weighted by Crippen LogP contribution is -2.38. The first-order valence-corrected chi connectivity index (χ1v) is 6.72. The van der Waals surface area contributed by atoms with E-state index < -0.39 is 0 Å². The van der Waals surface area contributed by atoms with E-state index in [0.29, 0.717) is 10.6 Å². The zero-order valence-corrected chi connectivity index (χ0v) is 12.7. The van der Waals surface area contributed by atoms with E-state index >= 15 is 0 Å². The Morgan fingerprint density at radius 2 is 1.95 bits per heavy atom. The standard InChI is InChI=1S/C14H22ClN3O/c1-14(2,3)18-8-7-17-12-9-10(13(19)16-4)5-6-11(12)15/h5-6,9,17-18H,7-8H2,1-4H3,(H,16,19). The highest BCUT2D eigenvalue weighted by Gasteiger charge is 2.09. The van der Waals surface area contributed by atoms with Gasteiger partial charge in [-0.05, 0) is 39.0 Å². The second-order valence-electron chi connectivity index (χ2n) is 5.38. The average molecular weight is 284 g/mol. The molecular formula is C14H22ClN3O. The van der Waals surface area contributed by atoms with Crippen molar-refractivity contribution in [2.24, 2.45) is 0 Å². The van der Waals surface area contributed by atoms with E-state index in [1.807, 2.05) is 0 Å². The molecule has 1 aromatic carbocycles. The van der Waals surface area contributed by atoms with Gasteiger partial charge in [0.25, 0.3) is 5.91 Å². The maximum Gasteiger partial charge on any atom is 0.251 e. The Kier molecular flexibility index (Phi) is 5.63. The van der Waals surface area contributed by atoms with Crippen LogP contribution in [0.15, 0.2) is 18.2 Å². The third kappa shape index (κ3) is 5.49. The average Bonchev–Trinajstić information content (AvgIpc) is 2.34. The molecule has 0 fully saturated rings. The second-order valence-corrected chi connectivity index (χ2v) is 5.78. The van der Waals surface area contributed by atoms with Crippen LogP contribution in [0.4, 0.5) is 5.69 Å². The first-order valence-electron chi connectivity index (χ1n) is 6.34. The number of amides is 1. The maximum absolute atomic E-state index is 11.5. The van der Waals surface area contributed by atoms with Crippen molar-refractivity contribution in [2.75, 3.05) is 25.5 Å². The predicted octanol–water partition coefficient (Wildman–Crippen LogP) is 2.50. The van der Waals surface area contributed by atoms with Crippen molar-refractivity contribution < 1.29 is 4.79 Å². The van der Waals surface area contributed by atoms with Gasteiger partial charge in [0.15, 0.2) is 0 Å². The Balaban J connectivity index is 2.60. The van der Waals surface area contributed by atoms with E-state index in [4.69, 9.17) is 11.6 Å². The van der Waals surface area contributed by atoms with Gasteiger partial charge in [-0.15, -0.1) is 0 Å². The Morgan fingerprint density at radius 1 is 1.26 bits per heavy atom. The minimum absolute atomic E-state index is 0.0927. The van der Waals surface area contributed by atoms with Crippen LogP contribution in [0.3, 0.4) is 0 Å². The van der Waals surface area contributed by atoms with Crippen LogP contribution in [0.25, 0.3) is 0 Å². The molecular weight excluding hydrogens is 262 g/mol. The first kappa shape index (κ1) is 15.8. The molecule has 1 aromatic rings. The first-order chi connectivity index (χ1) is 8.83. The van der Waals surface area contributed by atoms with Crippen molar-refractivity contribution in [1.82, 2.24) is 10.6 Å². The molecule has 0 aliphatic heterocycles. The van der Waals surface area contributed by atoms with Crippen molar-refractivity contribution >= 4 is 23.2 Å². The summed E-state index contributed by atoms with van der Waals surface area (Å²) >= 11 is 6.10. The van der Waals surface area contributed by atoms with E-state index in [0.717, 1.165) is 18.8 Å². The third-order valence-corrected chi connectivity index (χ3v) is 2.88. The minimum atomic E-state index is -0.118. The number of carbonyl (C=O) groups excluding carboxylic acids is 1. The molecule has 0 radical (unpaired) electrons. The largest absolute Gasteiger partial charge is 0.383 e.